The molecular weight excluding hydrogens is 246 g/mol. The van der Waals surface area contributed by atoms with Crippen molar-refractivity contribution in [1.29, 1.82) is 0 Å². The summed E-state index contributed by atoms with van der Waals surface area (Å²) in [7, 11) is 0. The molecule has 1 heterocycles. The molecule has 106 valence electrons. The molecule has 0 radical (unpaired) electrons. The number of H-pyrrole nitrogens is 1. The van der Waals surface area contributed by atoms with Crippen molar-refractivity contribution in [3.05, 3.63) is 53.6 Å². The number of benzene rings is 1. The zero-order valence-electron chi connectivity index (χ0n) is 12.3. The topological polar surface area (TPSA) is 40.7 Å². The second-order valence-electron chi connectivity index (χ2n) is 6.30. The van der Waals surface area contributed by atoms with Gasteiger partial charge in [0.2, 0.25) is 0 Å². The standard InChI is InChI=1S/C17H23N3/c1-17(2)9-7-15(13-5-3-4-6-14(13)17)18-10-8-16-19-11-12-20-16/h3-6,11-12,15,18H,7-10H2,1-2H3,(H,19,20). The molecule has 0 saturated heterocycles. The number of aromatic amines is 1. The summed E-state index contributed by atoms with van der Waals surface area (Å²) in [4.78, 5) is 7.43. The van der Waals surface area contributed by atoms with Gasteiger partial charge >= 0.3 is 0 Å². The molecular formula is C17H23N3. The molecule has 0 spiro atoms. The van der Waals surface area contributed by atoms with Crippen LogP contribution in [0.4, 0.5) is 0 Å². The Hall–Kier alpha value is -1.61. The molecule has 3 nitrogen and oxygen atoms in total. The Balaban J connectivity index is 1.69. The molecule has 0 saturated carbocycles. The maximum Gasteiger partial charge on any atom is 0.107 e. The predicted octanol–water partition coefficient (Wildman–Crippen LogP) is 3.35. The van der Waals surface area contributed by atoms with Crippen LogP contribution in [-0.4, -0.2) is 16.5 Å². The number of hydrogen-bond donors (Lipinski definition) is 2. The summed E-state index contributed by atoms with van der Waals surface area (Å²) in [6.45, 7) is 5.67. The average molecular weight is 269 g/mol. The van der Waals surface area contributed by atoms with Gasteiger partial charge in [-0.2, -0.15) is 0 Å². The Bertz CT molecular complexity index is 557. The molecule has 1 atom stereocenters. The van der Waals surface area contributed by atoms with Gasteiger partial charge < -0.3 is 10.3 Å². The van der Waals surface area contributed by atoms with Gasteiger partial charge in [-0.05, 0) is 29.4 Å². The van der Waals surface area contributed by atoms with Crippen LogP contribution in [-0.2, 0) is 11.8 Å². The normalized spacial score (nSPS) is 20.6. The average Bonchev–Trinajstić information content (AvgIpc) is 2.95. The van der Waals surface area contributed by atoms with Crippen molar-refractivity contribution in [1.82, 2.24) is 15.3 Å². The second-order valence-corrected chi connectivity index (χ2v) is 6.30. The monoisotopic (exact) mass is 269 g/mol. The Morgan fingerprint density at radius 2 is 2.20 bits per heavy atom. The Morgan fingerprint density at radius 1 is 1.35 bits per heavy atom. The molecule has 1 aromatic heterocycles. The number of hydrogen-bond acceptors (Lipinski definition) is 2. The van der Waals surface area contributed by atoms with Crippen molar-refractivity contribution in [2.75, 3.05) is 6.54 Å². The summed E-state index contributed by atoms with van der Waals surface area (Å²) in [5.41, 5.74) is 3.28. The van der Waals surface area contributed by atoms with Gasteiger partial charge in [-0.25, -0.2) is 4.98 Å². The Labute approximate surface area is 120 Å². The minimum Gasteiger partial charge on any atom is -0.349 e. The molecule has 3 rings (SSSR count). The van der Waals surface area contributed by atoms with E-state index in [2.05, 4.69) is 53.4 Å². The van der Waals surface area contributed by atoms with E-state index in [0.717, 1.165) is 18.8 Å². The van der Waals surface area contributed by atoms with Crippen LogP contribution in [0.5, 0.6) is 0 Å². The molecule has 0 fully saturated rings. The number of rotatable bonds is 4. The highest BCUT2D eigenvalue weighted by atomic mass is 14.9. The predicted molar refractivity (Wildman–Crippen MR) is 81.7 cm³/mol. The lowest BCUT2D eigenvalue weighted by molar-refractivity contribution is 0.359. The van der Waals surface area contributed by atoms with Crippen LogP contribution in [0.15, 0.2) is 36.7 Å². The fraction of sp³-hybridized carbons (Fsp3) is 0.471. The van der Waals surface area contributed by atoms with Crippen molar-refractivity contribution in [3.63, 3.8) is 0 Å². The first-order valence-corrected chi connectivity index (χ1v) is 7.48. The van der Waals surface area contributed by atoms with E-state index in [4.69, 9.17) is 0 Å². The van der Waals surface area contributed by atoms with Crippen LogP contribution in [0, 0.1) is 0 Å². The van der Waals surface area contributed by atoms with Gasteiger partial charge in [0.15, 0.2) is 0 Å². The number of aromatic nitrogens is 2. The van der Waals surface area contributed by atoms with E-state index in [0.29, 0.717) is 11.5 Å². The quantitative estimate of drug-likeness (QED) is 0.893. The highest BCUT2D eigenvalue weighted by Gasteiger charge is 2.31. The van der Waals surface area contributed by atoms with Crippen molar-refractivity contribution >= 4 is 0 Å². The van der Waals surface area contributed by atoms with E-state index >= 15 is 0 Å². The summed E-state index contributed by atoms with van der Waals surface area (Å²) in [5.74, 6) is 1.06. The van der Waals surface area contributed by atoms with Gasteiger partial charge in [-0.1, -0.05) is 38.1 Å². The fourth-order valence-electron chi connectivity index (χ4n) is 3.22. The van der Waals surface area contributed by atoms with E-state index in [1.54, 1.807) is 0 Å². The highest BCUT2D eigenvalue weighted by molar-refractivity contribution is 5.38. The van der Waals surface area contributed by atoms with Gasteiger partial charge in [0, 0.05) is 31.4 Å². The smallest absolute Gasteiger partial charge is 0.107 e. The van der Waals surface area contributed by atoms with Gasteiger partial charge in [0.25, 0.3) is 0 Å². The summed E-state index contributed by atoms with van der Waals surface area (Å²) in [6, 6.07) is 9.36. The lowest BCUT2D eigenvalue weighted by Gasteiger charge is -2.37. The molecule has 1 aliphatic carbocycles. The molecule has 3 heteroatoms. The first-order valence-electron chi connectivity index (χ1n) is 7.48. The first kappa shape index (κ1) is 13.4. The van der Waals surface area contributed by atoms with E-state index < -0.39 is 0 Å². The van der Waals surface area contributed by atoms with Crippen LogP contribution < -0.4 is 5.32 Å². The van der Waals surface area contributed by atoms with E-state index in [1.165, 1.54) is 24.0 Å². The van der Waals surface area contributed by atoms with E-state index in [9.17, 15) is 0 Å². The van der Waals surface area contributed by atoms with Gasteiger partial charge in [0.1, 0.15) is 5.82 Å². The zero-order chi connectivity index (χ0) is 14.0. The second kappa shape index (κ2) is 5.41. The van der Waals surface area contributed by atoms with E-state index in [1.807, 2.05) is 12.4 Å². The van der Waals surface area contributed by atoms with Crippen LogP contribution in [0.3, 0.4) is 0 Å². The third-order valence-electron chi connectivity index (χ3n) is 4.43. The maximum atomic E-state index is 4.27. The molecule has 1 aliphatic rings. The minimum absolute atomic E-state index is 0.301. The highest BCUT2D eigenvalue weighted by Crippen LogP contribution is 2.41. The summed E-state index contributed by atoms with van der Waals surface area (Å²) in [6.07, 6.45) is 7.10. The largest absolute Gasteiger partial charge is 0.349 e. The van der Waals surface area contributed by atoms with Crippen molar-refractivity contribution in [3.8, 4) is 0 Å². The lowest BCUT2D eigenvalue weighted by Crippen LogP contribution is -2.33. The molecule has 2 aromatic rings. The van der Waals surface area contributed by atoms with Crippen molar-refractivity contribution in [2.24, 2.45) is 0 Å². The van der Waals surface area contributed by atoms with Crippen LogP contribution in [0.1, 0.15) is 49.7 Å². The number of fused-ring (bicyclic) bond motifs is 1. The van der Waals surface area contributed by atoms with Gasteiger partial charge in [-0.15, -0.1) is 0 Å². The first-order chi connectivity index (χ1) is 9.67. The van der Waals surface area contributed by atoms with Crippen LogP contribution >= 0.6 is 0 Å². The summed E-state index contributed by atoms with van der Waals surface area (Å²) in [5, 5.41) is 3.69. The molecule has 1 aromatic carbocycles. The zero-order valence-corrected chi connectivity index (χ0v) is 12.3. The third-order valence-corrected chi connectivity index (χ3v) is 4.43. The Kier molecular flexibility index (Phi) is 3.62. The molecule has 2 N–H and O–H groups in total. The number of imidazole rings is 1. The molecule has 0 bridgehead atoms. The van der Waals surface area contributed by atoms with Crippen LogP contribution in [0.25, 0.3) is 0 Å². The summed E-state index contributed by atoms with van der Waals surface area (Å²) >= 11 is 0. The number of nitrogens with one attached hydrogen (secondary N) is 2. The summed E-state index contributed by atoms with van der Waals surface area (Å²) < 4.78 is 0. The van der Waals surface area contributed by atoms with E-state index in [-0.39, 0.29) is 0 Å². The maximum absolute atomic E-state index is 4.27. The minimum atomic E-state index is 0.301. The third kappa shape index (κ3) is 2.63. The van der Waals surface area contributed by atoms with Gasteiger partial charge in [0.05, 0.1) is 0 Å². The Morgan fingerprint density at radius 3 is 3.00 bits per heavy atom. The number of nitrogens with zero attached hydrogens (tertiary/aromatic N) is 1. The van der Waals surface area contributed by atoms with Gasteiger partial charge in [-0.3, -0.25) is 0 Å². The molecule has 20 heavy (non-hydrogen) atoms. The molecule has 1 unspecified atom stereocenters. The lowest BCUT2D eigenvalue weighted by atomic mass is 9.71. The SMILES string of the molecule is CC1(C)CCC(NCCc2ncc[nH]2)c2ccccc21. The molecule has 0 aliphatic heterocycles. The van der Waals surface area contributed by atoms with Crippen molar-refractivity contribution in [2.45, 2.75) is 44.6 Å². The van der Waals surface area contributed by atoms with Crippen LogP contribution in [0.2, 0.25) is 0 Å². The van der Waals surface area contributed by atoms with Crippen molar-refractivity contribution < 1.29 is 0 Å². The molecule has 0 amide bonds. The fourth-order valence-corrected chi connectivity index (χ4v) is 3.22.